The average molecular weight is 335 g/mol. The molecule has 0 N–H and O–H groups in total. The van der Waals surface area contributed by atoms with Crippen molar-refractivity contribution < 1.29 is 4.79 Å². The highest BCUT2D eigenvalue weighted by atomic mass is 35.5. The van der Waals surface area contributed by atoms with Crippen molar-refractivity contribution in [3.8, 4) is 0 Å². The largest absolute Gasteiger partial charge is 0.347 e. The molecule has 1 fully saturated rings. The minimum Gasteiger partial charge on any atom is -0.347 e. The Labute approximate surface area is 144 Å². The molecule has 1 amide bonds. The van der Waals surface area contributed by atoms with Crippen molar-refractivity contribution in [3.05, 3.63) is 34.3 Å². The predicted molar refractivity (Wildman–Crippen MR) is 94.9 cm³/mol. The van der Waals surface area contributed by atoms with E-state index in [9.17, 15) is 4.79 Å². The van der Waals surface area contributed by atoms with Crippen molar-refractivity contribution in [3.63, 3.8) is 0 Å². The number of carbonyl (C=O) groups excluding carboxylic acids is 1. The second-order valence-electron chi connectivity index (χ2n) is 7.48. The van der Waals surface area contributed by atoms with Crippen LogP contribution in [0.2, 0.25) is 5.02 Å². The third-order valence-electron chi connectivity index (χ3n) is 5.48. The number of hydrogen-bond acceptors (Lipinski definition) is 2. The van der Waals surface area contributed by atoms with Crippen molar-refractivity contribution in [2.24, 2.45) is 5.92 Å². The molecule has 0 spiro atoms. The molecule has 3 nitrogen and oxygen atoms in total. The Morgan fingerprint density at radius 2 is 2.09 bits per heavy atom. The maximum Gasteiger partial charge on any atom is 0.239 e. The molecule has 1 saturated heterocycles. The molecule has 3 rings (SSSR count). The number of fused-ring (bicyclic) bond motifs is 1. The van der Waals surface area contributed by atoms with Crippen LogP contribution in [0.5, 0.6) is 0 Å². The number of rotatable bonds is 3. The number of nitrogens with zero attached hydrogens (tertiary/aromatic N) is 2. The zero-order chi connectivity index (χ0) is 16.7. The first-order chi connectivity index (χ1) is 10.9. The molecular formula is C19H27ClN2O. The van der Waals surface area contributed by atoms with E-state index in [1.54, 1.807) is 4.90 Å². The topological polar surface area (TPSA) is 23.6 Å². The summed E-state index contributed by atoms with van der Waals surface area (Å²) in [6.45, 7) is 5.56. The fraction of sp³-hybridized carbons (Fsp3) is 0.632. The van der Waals surface area contributed by atoms with Gasteiger partial charge in [-0.3, -0.25) is 9.69 Å². The van der Waals surface area contributed by atoms with Crippen LogP contribution < -0.4 is 0 Å². The van der Waals surface area contributed by atoms with Gasteiger partial charge in [-0.2, -0.15) is 0 Å². The normalized spacial score (nSPS) is 27.5. The number of halogens is 1. The molecule has 0 bridgehead atoms. The van der Waals surface area contributed by atoms with Crippen molar-refractivity contribution in [2.75, 3.05) is 20.6 Å². The summed E-state index contributed by atoms with van der Waals surface area (Å²) < 4.78 is 0. The van der Waals surface area contributed by atoms with Gasteiger partial charge in [-0.25, -0.2) is 0 Å². The fourth-order valence-corrected chi connectivity index (χ4v) is 4.85. The van der Waals surface area contributed by atoms with Crippen LogP contribution in [0.15, 0.2) is 18.2 Å². The van der Waals surface area contributed by atoms with E-state index in [-0.39, 0.29) is 11.9 Å². The smallest absolute Gasteiger partial charge is 0.239 e. The molecule has 1 aromatic rings. The van der Waals surface area contributed by atoms with Gasteiger partial charge in [0.25, 0.3) is 0 Å². The van der Waals surface area contributed by atoms with Crippen LogP contribution in [-0.2, 0) is 11.2 Å². The molecule has 2 aliphatic rings. The molecule has 0 saturated carbocycles. The summed E-state index contributed by atoms with van der Waals surface area (Å²) in [6, 6.07) is 6.68. The van der Waals surface area contributed by atoms with E-state index in [4.69, 9.17) is 11.6 Å². The van der Waals surface area contributed by atoms with E-state index in [1.165, 1.54) is 11.1 Å². The van der Waals surface area contributed by atoms with Gasteiger partial charge >= 0.3 is 0 Å². The molecule has 23 heavy (non-hydrogen) atoms. The van der Waals surface area contributed by atoms with E-state index < -0.39 is 0 Å². The van der Waals surface area contributed by atoms with Gasteiger partial charge in [-0.15, -0.1) is 0 Å². The third-order valence-corrected chi connectivity index (χ3v) is 5.81. The van der Waals surface area contributed by atoms with Gasteiger partial charge in [0.05, 0.1) is 6.04 Å². The first kappa shape index (κ1) is 16.8. The van der Waals surface area contributed by atoms with Gasteiger partial charge in [0.15, 0.2) is 0 Å². The summed E-state index contributed by atoms with van der Waals surface area (Å²) in [6.07, 6.45) is 3.09. The van der Waals surface area contributed by atoms with Gasteiger partial charge in [0.2, 0.25) is 5.91 Å². The molecule has 0 aromatic heterocycles. The van der Waals surface area contributed by atoms with Gasteiger partial charge in [-0.1, -0.05) is 37.6 Å². The van der Waals surface area contributed by atoms with Gasteiger partial charge in [0.1, 0.15) is 0 Å². The predicted octanol–water partition coefficient (Wildman–Crippen LogP) is 3.56. The van der Waals surface area contributed by atoms with Crippen molar-refractivity contribution in [2.45, 2.75) is 51.1 Å². The molecule has 1 aliphatic heterocycles. The van der Waals surface area contributed by atoms with E-state index >= 15 is 0 Å². The fourth-order valence-electron chi connectivity index (χ4n) is 4.53. The standard InChI is InChI=1S/C19H27ClN2O/c1-12(2)17-16(11-13-7-5-8-14(20)18(13)17)22-10-6-9-15(22)19(23)21(3)4/h5,7-8,12,15-17H,6,9-11H2,1-4H3/t15-,16+,17-/m0/s1. The van der Waals surface area contributed by atoms with Crippen molar-refractivity contribution in [1.82, 2.24) is 9.80 Å². The quantitative estimate of drug-likeness (QED) is 0.844. The van der Waals surface area contributed by atoms with Gasteiger partial charge < -0.3 is 4.90 Å². The lowest BCUT2D eigenvalue weighted by molar-refractivity contribution is -0.134. The van der Waals surface area contributed by atoms with Crippen LogP contribution in [-0.4, -0.2) is 48.4 Å². The lowest BCUT2D eigenvalue weighted by Crippen LogP contribution is -2.49. The summed E-state index contributed by atoms with van der Waals surface area (Å²) in [7, 11) is 3.72. The van der Waals surface area contributed by atoms with Crippen LogP contribution in [0.3, 0.4) is 0 Å². The lowest BCUT2D eigenvalue weighted by Gasteiger charge is -2.36. The van der Waals surface area contributed by atoms with E-state index in [0.717, 1.165) is 30.8 Å². The van der Waals surface area contributed by atoms with Gasteiger partial charge in [0, 0.05) is 31.1 Å². The molecule has 1 aromatic carbocycles. The Kier molecular flexibility index (Phi) is 4.70. The zero-order valence-electron chi connectivity index (χ0n) is 14.6. The number of amides is 1. The molecule has 1 aliphatic carbocycles. The summed E-state index contributed by atoms with van der Waals surface area (Å²) in [5.74, 6) is 1.16. The first-order valence-electron chi connectivity index (χ1n) is 8.66. The van der Waals surface area contributed by atoms with Crippen molar-refractivity contribution in [1.29, 1.82) is 0 Å². The summed E-state index contributed by atoms with van der Waals surface area (Å²) >= 11 is 6.54. The molecule has 0 unspecified atom stereocenters. The molecule has 3 atom stereocenters. The Balaban J connectivity index is 1.94. The highest BCUT2D eigenvalue weighted by Gasteiger charge is 2.44. The molecule has 126 valence electrons. The number of benzene rings is 1. The second kappa shape index (κ2) is 6.45. The molecular weight excluding hydrogens is 308 g/mol. The minimum absolute atomic E-state index is 0.0318. The number of hydrogen-bond donors (Lipinski definition) is 0. The summed E-state index contributed by atoms with van der Waals surface area (Å²) in [5, 5.41) is 0.887. The van der Waals surface area contributed by atoms with Crippen LogP contribution in [0.4, 0.5) is 0 Å². The number of likely N-dealkylation sites (N-methyl/N-ethyl adjacent to an activating group) is 1. The SMILES string of the molecule is CC(C)[C@@H]1c2c(Cl)cccc2C[C@H]1N1CCC[C@H]1C(=O)N(C)C. The lowest BCUT2D eigenvalue weighted by atomic mass is 9.86. The van der Waals surface area contributed by atoms with Crippen LogP contribution in [0.25, 0.3) is 0 Å². The first-order valence-corrected chi connectivity index (χ1v) is 9.03. The second-order valence-corrected chi connectivity index (χ2v) is 7.89. The molecule has 1 heterocycles. The maximum atomic E-state index is 12.6. The van der Waals surface area contributed by atoms with Gasteiger partial charge in [-0.05, 0) is 48.9 Å². The summed E-state index contributed by atoms with van der Waals surface area (Å²) in [5.41, 5.74) is 2.68. The van der Waals surface area contributed by atoms with Crippen molar-refractivity contribution >= 4 is 17.5 Å². The van der Waals surface area contributed by atoms with E-state index in [2.05, 4.69) is 24.8 Å². The monoisotopic (exact) mass is 334 g/mol. The zero-order valence-corrected chi connectivity index (χ0v) is 15.3. The summed E-state index contributed by atoms with van der Waals surface area (Å²) in [4.78, 5) is 16.8. The van der Waals surface area contributed by atoms with Crippen LogP contribution >= 0.6 is 11.6 Å². The van der Waals surface area contributed by atoms with E-state index in [1.807, 2.05) is 26.2 Å². The highest BCUT2D eigenvalue weighted by Crippen LogP contribution is 2.46. The Morgan fingerprint density at radius 3 is 2.74 bits per heavy atom. The number of likely N-dealkylation sites (tertiary alicyclic amines) is 1. The Hall–Kier alpha value is -1.06. The Morgan fingerprint density at radius 1 is 1.35 bits per heavy atom. The maximum absolute atomic E-state index is 12.6. The molecule has 4 heteroatoms. The number of carbonyl (C=O) groups is 1. The molecule has 0 radical (unpaired) electrons. The third kappa shape index (κ3) is 2.89. The highest BCUT2D eigenvalue weighted by molar-refractivity contribution is 6.31. The van der Waals surface area contributed by atoms with Crippen LogP contribution in [0, 0.1) is 5.92 Å². The Bertz CT molecular complexity index is 599. The minimum atomic E-state index is 0.0318. The van der Waals surface area contributed by atoms with E-state index in [0.29, 0.717) is 17.9 Å². The average Bonchev–Trinajstić information content (AvgIpc) is 3.10. The van der Waals surface area contributed by atoms with Crippen LogP contribution in [0.1, 0.15) is 43.7 Å².